The molecule has 2 N–H and O–H groups in total. The summed E-state index contributed by atoms with van der Waals surface area (Å²) in [6.45, 7) is 3.43. The van der Waals surface area contributed by atoms with Crippen molar-refractivity contribution in [2.75, 3.05) is 6.54 Å². The van der Waals surface area contributed by atoms with E-state index in [1.54, 1.807) is 18.2 Å². The molecule has 2 aromatic rings. The Morgan fingerprint density at radius 3 is 2.55 bits per heavy atom. The first kappa shape index (κ1) is 20.9. The highest BCUT2D eigenvalue weighted by atomic mass is 35.5. The molecular formula is C22H24ClN3O3. The molecule has 1 heterocycles. The van der Waals surface area contributed by atoms with Gasteiger partial charge in [-0.2, -0.15) is 0 Å². The second-order valence-electron chi connectivity index (χ2n) is 7.19. The highest BCUT2D eigenvalue weighted by molar-refractivity contribution is 6.30. The Labute approximate surface area is 175 Å². The molecule has 1 saturated heterocycles. The van der Waals surface area contributed by atoms with Gasteiger partial charge in [0.15, 0.2) is 0 Å². The highest BCUT2D eigenvalue weighted by Gasteiger charge is 2.52. The van der Waals surface area contributed by atoms with Crippen molar-refractivity contribution in [1.29, 1.82) is 0 Å². The number of hydrogen-bond donors (Lipinski definition) is 2. The van der Waals surface area contributed by atoms with Crippen LogP contribution in [0.3, 0.4) is 0 Å². The van der Waals surface area contributed by atoms with Crippen molar-refractivity contribution >= 4 is 29.4 Å². The SMILES string of the molecule is CCCC1(c2ccccc2)NC(=O)N(CC(=O)NC(C)c2cccc(Cl)c2)C1=O. The van der Waals surface area contributed by atoms with Gasteiger partial charge in [0.05, 0.1) is 6.04 Å². The molecule has 6 nitrogen and oxygen atoms in total. The summed E-state index contributed by atoms with van der Waals surface area (Å²) in [5.74, 6) is -0.817. The average molecular weight is 414 g/mol. The van der Waals surface area contributed by atoms with Crippen molar-refractivity contribution < 1.29 is 14.4 Å². The Kier molecular flexibility index (Phi) is 6.23. The van der Waals surface area contributed by atoms with Crippen LogP contribution in [0.2, 0.25) is 5.02 Å². The minimum atomic E-state index is -1.13. The van der Waals surface area contributed by atoms with E-state index in [1.165, 1.54) is 0 Å². The molecule has 0 bridgehead atoms. The van der Waals surface area contributed by atoms with Crippen LogP contribution in [-0.4, -0.2) is 29.3 Å². The summed E-state index contributed by atoms with van der Waals surface area (Å²) < 4.78 is 0. The van der Waals surface area contributed by atoms with Crippen LogP contribution < -0.4 is 10.6 Å². The summed E-state index contributed by atoms with van der Waals surface area (Å²) in [4.78, 5) is 39.3. The van der Waals surface area contributed by atoms with Gasteiger partial charge >= 0.3 is 6.03 Å². The van der Waals surface area contributed by atoms with Crippen LogP contribution in [0, 0.1) is 0 Å². The molecule has 2 unspecified atom stereocenters. The average Bonchev–Trinajstić information content (AvgIpc) is 2.94. The Balaban J connectivity index is 1.75. The van der Waals surface area contributed by atoms with E-state index in [4.69, 9.17) is 11.6 Å². The van der Waals surface area contributed by atoms with Gasteiger partial charge in [0.2, 0.25) is 5.91 Å². The largest absolute Gasteiger partial charge is 0.348 e. The molecule has 0 saturated carbocycles. The van der Waals surface area contributed by atoms with Gasteiger partial charge in [-0.1, -0.05) is 67.4 Å². The lowest BCUT2D eigenvalue weighted by Crippen LogP contribution is -2.45. The molecule has 0 aliphatic carbocycles. The molecule has 2 atom stereocenters. The predicted molar refractivity (Wildman–Crippen MR) is 111 cm³/mol. The van der Waals surface area contributed by atoms with Crippen molar-refractivity contribution in [3.63, 3.8) is 0 Å². The monoisotopic (exact) mass is 413 g/mol. The predicted octanol–water partition coefficient (Wildman–Crippen LogP) is 3.76. The first-order chi connectivity index (χ1) is 13.9. The number of nitrogens with zero attached hydrogens (tertiary/aromatic N) is 1. The quantitative estimate of drug-likeness (QED) is 0.678. The number of urea groups is 1. The van der Waals surface area contributed by atoms with Crippen molar-refractivity contribution in [2.24, 2.45) is 0 Å². The maximum atomic E-state index is 13.2. The van der Waals surface area contributed by atoms with Gasteiger partial charge in [-0.05, 0) is 36.6 Å². The van der Waals surface area contributed by atoms with E-state index >= 15 is 0 Å². The fourth-order valence-electron chi connectivity index (χ4n) is 3.67. The standard InChI is InChI=1S/C22H24ClN3O3/c1-3-12-22(17-9-5-4-6-10-17)20(28)26(21(29)25-22)14-19(27)24-15(2)16-8-7-11-18(23)13-16/h4-11,13,15H,3,12,14H2,1-2H3,(H,24,27)(H,25,29). The fourth-order valence-corrected chi connectivity index (χ4v) is 3.87. The molecule has 152 valence electrons. The van der Waals surface area contributed by atoms with E-state index in [2.05, 4.69) is 10.6 Å². The first-order valence-corrected chi connectivity index (χ1v) is 9.99. The lowest BCUT2D eigenvalue weighted by atomic mass is 9.85. The molecule has 1 aliphatic heterocycles. The van der Waals surface area contributed by atoms with Crippen LogP contribution in [0.1, 0.15) is 43.9 Å². The lowest BCUT2D eigenvalue weighted by molar-refractivity contribution is -0.135. The van der Waals surface area contributed by atoms with Gasteiger partial charge in [0.25, 0.3) is 5.91 Å². The smallest absolute Gasteiger partial charge is 0.325 e. The molecule has 29 heavy (non-hydrogen) atoms. The number of imide groups is 1. The summed E-state index contributed by atoms with van der Waals surface area (Å²) >= 11 is 6.00. The van der Waals surface area contributed by atoms with Gasteiger partial charge < -0.3 is 10.6 Å². The van der Waals surface area contributed by atoms with Crippen LogP contribution >= 0.6 is 11.6 Å². The van der Waals surface area contributed by atoms with Gasteiger partial charge in [-0.15, -0.1) is 0 Å². The van der Waals surface area contributed by atoms with Crippen molar-refractivity contribution in [3.8, 4) is 0 Å². The molecule has 4 amide bonds. The van der Waals surface area contributed by atoms with Crippen LogP contribution in [0.15, 0.2) is 54.6 Å². The second kappa shape index (κ2) is 8.66. The third kappa shape index (κ3) is 4.27. The number of carbonyl (C=O) groups is 3. The molecule has 0 spiro atoms. The zero-order chi connectivity index (χ0) is 21.0. The van der Waals surface area contributed by atoms with Gasteiger partial charge in [-0.25, -0.2) is 4.79 Å². The first-order valence-electron chi connectivity index (χ1n) is 9.62. The van der Waals surface area contributed by atoms with E-state index in [-0.39, 0.29) is 12.6 Å². The number of benzene rings is 2. The third-order valence-electron chi connectivity index (χ3n) is 5.10. The van der Waals surface area contributed by atoms with Crippen LogP contribution in [0.4, 0.5) is 4.79 Å². The lowest BCUT2D eigenvalue weighted by Gasteiger charge is -2.27. The number of carbonyl (C=O) groups excluding carboxylic acids is 3. The van der Waals surface area contributed by atoms with Crippen molar-refractivity contribution in [1.82, 2.24) is 15.5 Å². The molecular weight excluding hydrogens is 390 g/mol. The van der Waals surface area contributed by atoms with Crippen molar-refractivity contribution in [3.05, 3.63) is 70.7 Å². The maximum absolute atomic E-state index is 13.2. The topological polar surface area (TPSA) is 78.5 Å². The van der Waals surface area contributed by atoms with Crippen LogP contribution in [0.5, 0.6) is 0 Å². The number of nitrogens with one attached hydrogen (secondary N) is 2. The van der Waals surface area contributed by atoms with Gasteiger partial charge in [0, 0.05) is 5.02 Å². The molecule has 0 aromatic heterocycles. The Hall–Kier alpha value is -2.86. The Morgan fingerprint density at radius 1 is 1.17 bits per heavy atom. The van der Waals surface area contributed by atoms with E-state index in [0.29, 0.717) is 17.9 Å². The number of rotatable bonds is 7. The maximum Gasteiger partial charge on any atom is 0.325 e. The zero-order valence-corrected chi connectivity index (χ0v) is 17.2. The molecule has 7 heteroatoms. The normalized spacial score (nSPS) is 19.8. The molecule has 1 fully saturated rings. The highest BCUT2D eigenvalue weighted by Crippen LogP contribution is 2.33. The van der Waals surface area contributed by atoms with Crippen LogP contribution in [0.25, 0.3) is 0 Å². The van der Waals surface area contributed by atoms with Crippen molar-refractivity contribution in [2.45, 2.75) is 38.3 Å². The molecule has 0 radical (unpaired) electrons. The second-order valence-corrected chi connectivity index (χ2v) is 7.62. The summed E-state index contributed by atoms with van der Waals surface area (Å²) in [7, 11) is 0. The van der Waals surface area contributed by atoms with E-state index in [1.807, 2.05) is 50.2 Å². The number of halogens is 1. The van der Waals surface area contributed by atoms with Gasteiger partial charge in [0.1, 0.15) is 12.1 Å². The summed E-state index contributed by atoms with van der Waals surface area (Å²) in [6.07, 6.45) is 1.16. The van der Waals surface area contributed by atoms with Gasteiger partial charge in [-0.3, -0.25) is 14.5 Å². The zero-order valence-electron chi connectivity index (χ0n) is 16.4. The molecule has 3 rings (SSSR count). The summed E-state index contributed by atoms with van der Waals surface area (Å²) in [5.41, 5.74) is 0.425. The van der Waals surface area contributed by atoms with E-state index in [0.717, 1.165) is 16.0 Å². The Morgan fingerprint density at radius 2 is 1.90 bits per heavy atom. The minimum Gasteiger partial charge on any atom is -0.348 e. The molecule has 1 aliphatic rings. The number of hydrogen-bond acceptors (Lipinski definition) is 3. The Bertz CT molecular complexity index is 919. The third-order valence-corrected chi connectivity index (χ3v) is 5.33. The summed E-state index contributed by atoms with van der Waals surface area (Å²) in [6, 6.07) is 15.5. The van der Waals surface area contributed by atoms with E-state index in [9.17, 15) is 14.4 Å². The fraction of sp³-hybridized carbons (Fsp3) is 0.318. The summed E-state index contributed by atoms with van der Waals surface area (Å²) in [5, 5.41) is 6.22. The molecule has 2 aromatic carbocycles. The van der Waals surface area contributed by atoms with E-state index < -0.39 is 23.4 Å². The minimum absolute atomic E-state index is 0.309. The number of amides is 4. The van der Waals surface area contributed by atoms with Crippen LogP contribution in [-0.2, 0) is 15.1 Å².